The van der Waals surface area contributed by atoms with E-state index in [-0.39, 0.29) is 32.2 Å². The van der Waals surface area contributed by atoms with Gasteiger partial charge in [-0.15, -0.1) is 0 Å². The summed E-state index contributed by atoms with van der Waals surface area (Å²) in [6.45, 7) is 1.50. The summed E-state index contributed by atoms with van der Waals surface area (Å²) >= 11 is 0. The first-order valence-corrected chi connectivity index (χ1v) is 52.2. The van der Waals surface area contributed by atoms with Gasteiger partial charge in [0.15, 0.2) is 24.8 Å². The number of aliphatic carboxylic acids is 2. The molecule has 0 aromatic heterocycles. The zero-order valence-electron chi connectivity index (χ0n) is 77.3. The molecule has 25 atom stereocenters. The smallest absolute Gasteiger partial charge is 0.308 e. The number of carboxylic acid groups (broad SMARTS) is 2. The van der Waals surface area contributed by atoms with Gasteiger partial charge in [-0.25, -0.2) is 0 Å². The first kappa shape index (κ1) is 121. The molecule has 4 aliphatic rings. The third kappa shape index (κ3) is 45.8. The molecule has 46 heteroatoms. The van der Waals surface area contributed by atoms with Crippen molar-refractivity contribution in [3.63, 3.8) is 0 Å². The van der Waals surface area contributed by atoms with Crippen LogP contribution in [0.15, 0.2) is 0 Å². The molecule has 4 fully saturated rings. The molecular formula is C86H154N3O40P3-6. The Kier molecular flexibility index (Phi) is 59.1. The second-order valence-corrected chi connectivity index (χ2v) is 38.9. The van der Waals surface area contributed by atoms with Crippen LogP contribution in [0.4, 0.5) is 0 Å². The van der Waals surface area contributed by atoms with E-state index in [1.165, 1.54) is 0 Å². The lowest BCUT2D eigenvalue weighted by Gasteiger charge is -2.53. The Hall–Kier alpha value is -3.61. The summed E-state index contributed by atoms with van der Waals surface area (Å²) in [5, 5.41) is 157. The van der Waals surface area contributed by atoms with Crippen LogP contribution in [0.3, 0.4) is 0 Å². The van der Waals surface area contributed by atoms with Crippen LogP contribution in [0, 0.1) is 0 Å². The van der Waals surface area contributed by atoms with E-state index >= 15 is 0 Å². The molecule has 1 unspecified atom stereocenters. The van der Waals surface area contributed by atoms with Gasteiger partial charge in [-0.3, -0.25) is 23.7 Å². The van der Waals surface area contributed by atoms with Gasteiger partial charge in [0.2, 0.25) is 23.4 Å². The van der Waals surface area contributed by atoms with Gasteiger partial charge >= 0.3 is 11.9 Å². The zero-order valence-corrected chi connectivity index (χ0v) is 80.0. The molecule has 0 aromatic carbocycles. The van der Waals surface area contributed by atoms with Crippen molar-refractivity contribution in [1.29, 1.82) is 0 Å². The van der Waals surface area contributed by atoms with Crippen molar-refractivity contribution in [3.05, 3.63) is 0 Å². The largest absolute Gasteiger partial charge is 0.790 e. The van der Waals surface area contributed by atoms with Crippen molar-refractivity contribution < 1.29 is 200 Å². The number of carboxylic acids is 2. The molecule has 4 heterocycles. The third-order valence-corrected chi connectivity index (χ3v) is 25.9. The highest BCUT2D eigenvalue weighted by molar-refractivity contribution is 7.45. The highest BCUT2D eigenvalue weighted by Crippen LogP contribution is 2.46. The number of amides is 2. The Morgan fingerprint density at radius 3 is 1.23 bits per heavy atom. The number of aliphatic hydroxyl groups excluding tert-OH is 11. The van der Waals surface area contributed by atoms with Crippen LogP contribution in [0.1, 0.15) is 323 Å². The van der Waals surface area contributed by atoms with Crippen LogP contribution in [0.2, 0.25) is 0 Å². The first-order valence-electron chi connectivity index (χ1n) is 47.8. The molecule has 0 spiro atoms. The van der Waals surface area contributed by atoms with E-state index in [1.54, 1.807) is 0 Å². The van der Waals surface area contributed by atoms with Crippen LogP contribution in [0.25, 0.3) is 0 Å². The molecule has 0 radical (unpaired) electrons. The van der Waals surface area contributed by atoms with E-state index in [0.29, 0.717) is 51.4 Å². The molecule has 4 aliphatic heterocycles. The average molecular weight is 1960 g/mol. The van der Waals surface area contributed by atoms with Crippen molar-refractivity contribution in [2.24, 2.45) is 0 Å². The van der Waals surface area contributed by atoms with E-state index < -0.39 is 277 Å². The number of carbonyl (C=O) groups is 6. The number of nitrogens with one attached hydrogen (secondary N) is 2. The highest BCUT2D eigenvalue weighted by atomic mass is 31.2. The molecule has 43 nitrogen and oxygen atoms in total. The lowest BCUT2D eigenvalue weighted by molar-refractivity contribution is -0.420. The van der Waals surface area contributed by atoms with E-state index in [1.807, 2.05) is 0 Å². The van der Waals surface area contributed by atoms with Gasteiger partial charge in [0.1, 0.15) is 91.7 Å². The number of hydrogen-bond acceptors (Lipinski definition) is 40. The van der Waals surface area contributed by atoms with Crippen LogP contribution >= 0.6 is 23.5 Å². The van der Waals surface area contributed by atoms with Gasteiger partial charge in [-0.05, 0) is 25.7 Å². The fourth-order valence-corrected chi connectivity index (χ4v) is 18.6. The number of esters is 2. The molecule has 132 heavy (non-hydrogen) atoms. The number of quaternary nitrogens is 1. The van der Waals surface area contributed by atoms with Gasteiger partial charge in [-0.1, -0.05) is 259 Å². The second-order valence-electron chi connectivity index (χ2n) is 35.4. The number of aliphatic hydroxyl groups is 11. The molecule has 774 valence electrons. The summed E-state index contributed by atoms with van der Waals surface area (Å²) in [5.41, 5.74) is 3.41. The van der Waals surface area contributed by atoms with E-state index in [4.69, 9.17) is 56.2 Å². The average Bonchev–Trinajstić information content (AvgIpc) is 0.709. The minimum Gasteiger partial charge on any atom is -0.790 e. The molecule has 0 saturated carbocycles. The van der Waals surface area contributed by atoms with Crippen molar-refractivity contribution >= 4 is 59.2 Å². The lowest BCUT2D eigenvalue weighted by Crippen LogP contribution is -2.71. The minimum atomic E-state index is -6.68. The maximum Gasteiger partial charge on any atom is 0.308 e. The maximum absolute atomic E-state index is 14.7. The summed E-state index contributed by atoms with van der Waals surface area (Å²) in [5.74, 6) is -17.7. The molecule has 4 rings (SSSR count). The summed E-state index contributed by atoms with van der Waals surface area (Å²) < 4.78 is 112. The molecule has 0 aromatic rings. The van der Waals surface area contributed by atoms with Gasteiger partial charge in [0.25, 0.3) is 7.82 Å². The summed E-state index contributed by atoms with van der Waals surface area (Å²) in [7, 11) is -18.6. The Labute approximate surface area is 775 Å². The van der Waals surface area contributed by atoms with Crippen molar-refractivity contribution in [2.45, 2.75) is 469 Å². The minimum absolute atomic E-state index is 0.0150. The summed E-state index contributed by atoms with van der Waals surface area (Å²) in [6.07, 6.45) is -21.3. The van der Waals surface area contributed by atoms with Crippen LogP contribution in [0.5, 0.6) is 0 Å². The number of ether oxygens (including phenoxy) is 9. The maximum atomic E-state index is 14.7. The number of unbranched alkanes of at least 4 members (excludes halogenated alkanes) is 32. The van der Waals surface area contributed by atoms with Crippen LogP contribution < -0.4 is 51.0 Å². The molecular weight excluding hydrogens is 1810 g/mol. The molecule has 2 amide bonds. The van der Waals surface area contributed by atoms with E-state index in [9.17, 15) is 133 Å². The van der Waals surface area contributed by atoms with Gasteiger partial charge in [-0.2, -0.15) is 0 Å². The molecule has 0 bridgehead atoms. The van der Waals surface area contributed by atoms with Gasteiger partial charge < -0.3 is 187 Å². The third-order valence-electron chi connectivity index (χ3n) is 23.9. The first-order chi connectivity index (χ1) is 62.6. The second kappa shape index (κ2) is 64.7. The predicted molar refractivity (Wildman–Crippen MR) is 454 cm³/mol. The predicted octanol–water partition coefficient (Wildman–Crippen LogP) is -0.234. The van der Waals surface area contributed by atoms with Crippen molar-refractivity contribution in [1.82, 2.24) is 10.6 Å². The van der Waals surface area contributed by atoms with E-state index in [2.05, 4.69) is 48.6 Å². The number of phosphoric acid groups is 3. The van der Waals surface area contributed by atoms with Crippen LogP contribution in [-0.2, 0) is 103 Å². The Bertz CT molecular complexity index is 3360. The summed E-state index contributed by atoms with van der Waals surface area (Å²) in [6, 6.07) is -4.60. The molecule has 0 aliphatic carbocycles. The standard InChI is InChI=1S/C86H160N3O40P3/c1-5-9-13-17-21-25-29-33-37-41-57(92)47-67(98)88-71-79(122-69(100)49-59(94)43-39-35-31-27-23-19-15-11-7-3)75(104)65(120-82(71)129-131(112,113)114)55-117-81-72(89-68(99)48-58(93)42-38-34-30-26-22-18-14-10-6-2)80(123-70(101)50-60(95)44-40-36-32-28-24-20-16-12-8-4)78(128-130(109,110)111)66(121-81)56-118-85(83(105)106)52-63(74(103)76(125-85)62(97)53-90)124-86(84(107)108)51-61(96)73(102)77(126-86)64(54-91)127-132(115,116)119-46-45-87/h57-66,71-82,90-97,102-104H,5-56,87H2,1-4H3,(H,88,98)(H,89,99)(H,105,106)(H,107,108)(H,115,116)(H2,109,110,111)(H2,112,113,114)/p-6/t57-,58-,59-,60-,61-,62-,63-,64-,65-,66-,71-,72-,73-,74-,75-,76-,77-,78-,79-,80-,81-,82-,85-,86-/m1/s1. The normalized spacial score (nSPS) is 27.9. The lowest BCUT2D eigenvalue weighted by atomic mass is 9.90. The van der Waals surface area contributed by atoms with Crippen LogP contribution in [-0.4, -0.2) is 278 Å². The molecule has 16 N–H and O–H groups in total. The van der Waals surface area contributed by atoms with Gasteiger partial charge in [0, 0.05) is 12.8 Å². The Balaban J connectivity index is 1.97. The Morgan fingerprint density at radius 1 is 0.455 bits per heavy atom. The number of hydrogen-bond donors (Lipinski definition) is 14. The van der Waals surface area contributed by atoms with Gasteiger partial charge in [0.05, 0.1) is 111 Å². The fourth-order valence-electron chi connectivity index (χ4n) is 16.7. The number of carbonyl (C=O) groups excluding carboxylic acids is 6. The molecule has 4 saturated heterocycles. The quantitative estimate of drug-likeness (QED) is 0.0212. The Morgan fingerprint density at radius 2 is 0.841 bits per heavy atom. The zero-order chi connectivity index (χ0) is 98.0. The van der Waals surface area contributed by atoms with E-state index in [0.717, 1.165) is 180 Å². The number of rotatable bonds is 75. The van der Waals surface area contributed by atoms with Crippen molar-refractivity contribution in [3.8, 4) is 0 Å². The number of phosphoric ester groups is 3. The van der Waals surface area contributed by atoms with Crippen molar-refractivity contribution in [2.75, 3.05) is 39.6 Å². The SMILES string of the molecule is CCCCCCCCCCC[C@@H](O)CC(=O)N[C@H]1[C@H](OC[C@H]2O[C@H](OP(=O)([O-])[O-])[C@H](NC(=O)C[C@H](O)CCCCCCCCCCC)[C@@H](OC(=O)C[C@H](O)CCCCCCCCCCC)[C@@H]2O)O[C@H](CO[C@]2(C(=O)[O-])C[C@@H](O[C@]3(C(=O)[O-])C[C@@H](O)[C@@H](O)[C@@H]([C@@H](CO)OP(=O)([O-])OCC[NH3+])O3)[C@@H](O)[C@@H]([C@H](O)CO)O2)[C@@H](OP(=O)([O-])[O-])[C@@H]1OC(=O)C[C@H](O)CCCCCCCCCCC. The summed E-state index contributed by atoms with van der Waals surface area (Å²) in [4.78, 5) is 151. The topological polar surface area (TPSA) is 709 Å². The monoisotopic (exact) mass is 1960 g/mol. The highest BCUT2D eigenvalue weighted by Gasteiger charge is 2.60. The fraction of sp³-hybridized carbons (Fsp3) is 0.930.